The first-order valence-electron chi connectivity index (χ1n) is 5.06. The third-order valence-electron chi connectivity index (χ3n) is 2.50. The minimum atomic E-state index is 0.590. The summed E-state index contributed by atoms with van der Waals surface area (Å²) < 4.78 is 5.46. The average molecular weight is 227 g/mol. The van der Waals surface area contributed by atoms with Crippen LogP contribution in [0.1, 0.15) is 16.8 Å². The van der Waals surface area contributed by atoms with Crippen molar-refractivity contribution in [3.05, 3.63) is 28.0 Å². The molecule has 0 fully saturated rings. The first-order chi connectivity index (χ1) is 7.16. The Kier molecular flexibility index (Phi) is 3.24. The first-order valence-corrected chi connectivity index (χ1v) is 5.44. The van der Waals surface area contributed by atoms with E-state index in [1.165, 1.54) is 11.1 Å². The van der Waals surface area contributed by atoms with Crippen molar-refractivity contribution >= 4 is 11.6 Å². The van der Waals surface area contributed by atoms with Crippen LogP contribution in [0.15, 0.2) is 6.07 Å². The van der Waals surface area contributed by atoms with E-state index in [2.05, 4.69) is 9.88 Å². The molecule has 1 aliphatic rings. The fourth-order valence-corrected chi connectivity index (χ4v) is 2.06. The summed E-state index contributed by atoms with van der Waals surface area (Å²) in [6.45, 7) is 2.27. The highest BCUT2D eigenvalue weighted by molar-refractivity contribution is 6.29. The quantitative estimate of drug-likeness (QED) is 0.720. The highest BCUT2D eigenvalue weighted by Crippen LogP contribution is 2.23. The Balaban J connectivity index is 2.38. The fraction of sp³-hybridized carbons (Fsp3) is 0.545. The smallest absolute Gasteiger partial charge is 0.129 e. The van der Waals surface area contributed by atoms with E-state index in [9.17, 15) is 0 Å². The molecule has 2 heterocycles. The highest BCUT2D eigenvalue weighted by atomic mass is 35.5. The van der Waals surface area contributed by atoms with Crippen LogP contribution in [-0.2, 0) is 24.3 Å². The number of halogens is 1. The van der Waals surface area contributed by atoms with Gasteiger partial charge in [-0.1, -0.05) is 11.6 Å². The molecule has 0 amide bonds. The maximum absolute atomic E-state index is 5.99. The minimum absolute atomic E-state index is 0.590. The van der Waals surface area contributed by atoms with Gasteiger partial charge in [0, 0.05) is 12.1 Å². The molecular formula is C11H15ClN2O. The Labute approximate surface area is 95.0 Å². The van der Waals surface area contributed by atoms with Gasteiger partial charge in [-0.05, 0) is 32.1 Å². The lowest BCUT2D eigenvalue weighted by Crippen LogP contribution is -2.18. The molecule has 0 bridgehead atoms. The van der Waals surface area contributed by atoms with Crippen molar-refractivity contribution in [1.29, 1.82) is 0 Å². The molecule has 2 rings (SSSR count). The molecule has 0 unspecified atom stereocenters. The highest BCUT2D eigenvalue weighted by Gasteiger charge is 2.16. The van der Waals surface area contributed by atoms with Crippen molar-refractivity contribution in [3.8, 4) is 0 Å². The second kappa shape index (κ2) is 4.47. The molecule has 0 N–H and O–H groups in total. The summed E-state index contributed by atoms with van der Waals surface area (Å²) in [5.41, 5.74) is 3.56. The molecule has 0 atom stereocenters. The largest absolute Gasteiger partial charge is 0.376 e. The number of rotatable bonds is 2. The van der Waals surface area contributed by atoms with Gasteiger partial charge in [0.1, 0.15) is 5.15 Å². The normalized spacial score (nSPS) is 15.5. The zero-order valence-electron chi connectivity index (χ0n) is 9.09. The summed E-state index contributed by atoms with van der Waals surface area (Å²) in [7, 11) is 4.05. The summed E-state index contributed by atoms with van der Waals surface area (Å²) in [6.07, 6.45) is 0.942. The maximum Gasteiger partial charge on any atom is 0.129 e. The summed E-state index contributed by atoms with van der Waals surface area (Å²) in [5, 5.41) is 0.590. The predicted molar refractivity (Wildman–Crippen MR) is 60.0 cm³/mol. The molecule has 0 saturated carbocycles. The van der Waals surface area contributed by atoms with E-state index >= 15 is 0 Å². The van der Waals surface area contributed by atoms with Gasteiger partial charge in [-0.25, -0.2) is 4.98 Å². The Morgan fingerprint density at radius 1 is 1.53 bits per heavy atom. The molecule has 0 aliphatic carbocycles. The zero-order chi connectivity index (χ0) is 10.8. The number of nitrogens with zero attached hydrogens (tertiary/aromatic N) is 2. The molecule has 1 aliphatic heterocycles. The predicted octanol–water partition coefficient (Wildman–Crippen LogP) is 1.87. The lowest BCUT2D eigenvalue weighted by Gasteiger charge is -2.21. The van der Waals surface area contributed by atoms with Crippen molar-refractivity contribution in [3.63, 3.8) is 0 Å². The van der Waals surface area contributed by atoms with Gasteiger partial charge in [0.25, 0.3) is 0 Å². The molecule has 0 saturated heterocycles. The Hall–Kier alpha value is -0.640. The molecule has 4 heteroatoms. The lowest BCUT2D eigenvalue weighted by atomic mass is 10.0. The summed E-state index contributed by atoms with van der Waals surface area (Å²) in [5.74, 6) is 0. The van der Waals surface area contributed by atoms with Crippen molar-refractivity contribution < 1.29 is 4.74 Å². The van der Waals surface area contributed by atoms with E-state index in [0.29, 0.717) is 11.8 Å². The van der Waals surface area contributed by atoms with Gasteiger partial charge in [0.05, 0.1) is 18.9 Å². The molecule has 1 aromatic rings. The van der Waals surface area contributed by atoms with Crippen LogP contribution in [0, 0.1) is 0 Å². The molecule has 0 radical (unpaired) electrons. The van der Waals surface area contributed by atoms with Crippen molar-refractivity contribution in [2.45, 2.75) is 19.6 Å². The van der Waals surface area contributed by atoms with E-state index in [1.807, 2.05) is 20.2 Å². The topological polar surface area (TPSA) is 25.4 Å². The van der Waals surface area contributed by atoms with Gasteiger partial charge in [-0.15, -0.1) is 0 Å². The molecule has 3 nitrogen and oxygen atoms in total. The monoisotopic (exact) mass is 226 g/mol. The average Bonchev–Trinajstić information content (AvgIpc) is 2.16. The van der Waals surface area contributed by atoms with E-state index in [1.54, 1.807) is 0 Å². The van der Waals surface area contributed by atoms with Gasteiger partial charge < -0.3 is 9.64 Å². The number of aromatic nitrogens is 1. The Morgan fingerprint density at radius 2 is 2.33 bits per heavy atom. The van der Waals surface area contributed by atoms with Crippen LogP contribution in [0.5, 0.6) is 0 Å². The van der Waals surface area contributed by atoms with E-state index in [-0.39, 0.29) is 0 Å². The number of pyridine rings is 1. The van der Waals surface area contributed by atoms with Crippen LogP contribution < -0.4 is 0 Å². The third kappa shape index (κ3) is 2.48. The standard InChI is InChI=1S/C11H15ClN2O/c1-14(2)6-10-9-7-15-4-3-8(9)5-11(12)13-10/h5H,3-4,6-7H2,1-2H3. The summed E-state index contributed by atoms with van der Waals surface area (Å²) in [6, 6.07) is 1.96. The maximum atomic E-state index is 5.99. The lowest BCUT2D eigenvalue weighted by molar-refractivity contribution is 0.109. The van der Waals surface area contributed by atoms with E-state index < -0.39 is 0 Å². The molecule has 1 aromatic heterocycles. The van der Waals surface area contributed by atoms with Crippen LogP contribution >= 0.6 is 11.6 Å². The summed E-state index contributed by atoms with van der Waals surface area (Å²) in [4.78, 5) is 6.46. The number of ether oxygens (including phenoxy) is 1. The van der Waals surface area contributed by atoms with E-state index in [4.69, 9.17) is 16.3 Å². The van der Waals surface area contributed by atoms with E-state index in [0.717, 1.165) is 25.3 Å². The van der Waals surface area contributed by atoms with Crippen LogP contribution in [0.25, 0.3) is 0 Å². The van der Waals surface area contributed by atoms with Crippen LogP contribution in [0.2, 0.25) is 5.15 Å². The third-order valence-corrected chi connectivity index (χ3v) is 2.69. The van der Waals surface area contributed by atoms with Gasteiger partial charge >= 0.3 is 0 Å². The minimum Gasteiger partial charge on any atom is -0.376 e. The van der Waals surface area contributed by atoms with Crippen molar-refractivity contribution in [1.82, 2.24) is 9.88 Å². The van der Waals surface area contributed by atoms with Gasteiger partial charge in [-0.2, -0.15) is 0 Å². The Morgan fingerprint density at radius 3 is 3.07 bits per heavy atom. The van der Waals surface area contributed by atoms with Crippen LogP contribution in [0.3, 0.4) is 0 Å². The van der Waals surface area contributed by atoms with Gasteiger partial charge in [0.2, 0.25) is 0 Å². The Bertz CT molecular complexity index is 366. The number of hydrogen-bond donors (Lipinski definition) is 0. The zero-order valence-corrected chi connectivity index (χ0v) is 9.84. The van der Waals surface area contributed by atoms with Crippen LogP contribution in [-0.4, -0.2) is 30.6 Å². The molecule has 82 valence electrons. The molecule has 0 spiro atoms. The summed E-state index contributed by atoms with van der Waals surface area (Å²) >= 11 is 5.99. The van der Waals surface area contributed by atoms with Crippen LogP contribution in [0.4, 0.5) is 0 Å². The second-order valence-electron chi connectivity index (χ2n) is 4.07. The molecule has 0 aromatic carbocycles. The van der Waals surface area contributed by atoms with Crippen molar-refractivity contribution in [2.75, 3.05) is 20.7 Å². The number of hydrogen-bond acceptors (Lipinski definition) is 3. The first kappa shape index (κ1) is 10.9. The number of fused-ring (bicyclic) bond motifs is 1. The van der Waals surface area contributed by atoms with Gasteiger partial charge in [-0.3, -0.25) is 0 Å². The SMILES string of the molecule is CN(C)Cc1nc(Cl)cc2c1COCC2. The van der Waals surface area contributed by atoms with Crippen molar-refractivity contribution in [2.24, 2.45) is 0 Å². The molecule has 15 heavy (non-hydrogen) atoms. The second-order valence-corrected chi connectivity index (χ2v) is 4.46. The fourth-order valence-electron chi connectivity index (χ4n) is 1.83. The van der Waals surface area contributed by atoms with Gasteiger partial charge in [0.15, 0.2) is 0 Å². The molecular weight excluding hydrogens is 212 g/mol.